The van der Waals surface area contributed by atoms with Gasteiger partial charge in [-0.05, 0) is 71.1 Å². The molecule has 0 fully saturated rings. The highest BCUT2D eigenvalue weighted by Gasteiger charge is 2.13. The summed E-state index contributed by atoms with van der Waals surface area (Å²) in [5.74, 6) is 1.50. The fourth-order valence-electron chi connectivity index (χ4n) is 3.16. The largest absolute Gasteiger partial charge is 0.490 e. The first-order valence-corrected chi connectivity index (χ1v) is 10.8. The standard InChI is InChI=1S/C25H28BrNO2/c1-4-21-8-6-7-9-23(21)27-16-20-14-22(26)25(24(15-20)28-5-2)29-17-19-12-10-18(3)11-13-19/h6-15,27H,4-5,16-17H2,1-3H3. The van der Waals surface area contributed by atoms with Gasteiger partial charge in [0.05, 0.1) is 11.1 Å². The van der Waals surface area contributed by atoms with Crippen LogP contribution in [0.2, 0.25) is 0 Å². The van der Waals surface area contributed by atoms with Gasteiger partial charge in [-0.2, -0.15) is 0 Å². The predicted octanol–water partition coefficient (Wildman–Crippen LogP) is 6.91. The minimum atomic E-state index is 0.500. The van der Waals surface area contributed by atoms with Gasteiger partial charge in [0.25, 0.3) is 0 Å². The molecule has 0 amide bonds. The van der Waals surface area contributed by atoms with E-state index in [1.165, 1.54) is 16.8 Å². The lowest BCUT2D eigenvalue weighted by molar-refractivity contribution is 0.267. The highest BCUT2D eigenvalue weighted by Crippen LogP contribution is 2.37. The Morgan fingerprint density at radius 1 is 0.897 bits per heavy atom. The van der Waals surface area contributed by atoms with Gasteiger partial charge in [-0.3, -0.25) is 0 Å². The predicted molar refractivity (Wildman–Crippen MR) is 124 cm³/mol. The van der Waals surface area contributed by atoms with Crippen LogP contribution in [0.5, 0.6) is 11.5 Å². The topological polar surface area (TPSA) is 30.5 Å². The first-order valence-electron chi connectivity index (χ1n) is 10.1. The lowest BCUT2D eigenvalue weighted by Gasteiger charge is -2.17. The van der Waals surface area contributed by atoms with E-state index in [4.69, 9.17) is 9.47 Å². The maximum Gasteiger partial charge on any atom is 0.175 e. The molecule has 3 aromatic rings. The van der Waals surface area contributed by atoms with Gasteiger partial charge < -0.3 is 14.8 Å². The van der Waals surface area contributed by atoms with E-state index in [2.05, 4.69) is 95.8 Å². The Labute approximate surface area is 182 Å². The number of para-hydroxylation sites is 1. The fourth-order valence-corrected chi connectivity index (χ4v) is 3.77. The smallest absolute Gasteiger partial charge is 0.175 e. The summed E-state index contributed by atoms with van der Waals surface area (Å²) < 4.78 is 12.9. The normalized spacial score (nSPS) is 10.6. The third kappa shape index (κ3) is 5.77. The summed E-state index contributed by atoms with van der Waals surface area (Å²) in [5, 5.41) is 3.54. The summed E-state index contributed by atoms with van der Waals surface area (Å²) in [4.78, 5) is 0. The molecule has 0 aliphatic rings. The summed E-state index contributed by atoms with van der Waals surface area (Å²) in [6.07, 6.45) is 1.00. The molecule has 0 saturated carbocycles. The Morgan fingerprint density at radius 2 is 1.66 bits per heavy atom. The average Bonchev–Trinajstić information content (AvgIpc) is 2.73. The highest BCUT2D eigenvalue weighted by molar-refractivity contribution is 9.10. The minimum Gasteiger partial charge on any atom is -0.490 e. The molecule has 0 aliphatic heterocycles. The molecule has 1 N–H and O–H groups in total. The number of aryl methyl sites for hydroxylation is 2. The quantitative estimate of drug-likeness (QED) is 0.381. The zero-order chi connectivity index (χ0) is 20.6. The second-order valence-electron chi connectivity index (χ2n) is 6.98. The van der Waals surface area contributed by atoms with E-state index >= 15 is 0 Å². The van der Waals surface area contributed by atoms with Crippen molar-refractivity contribution in [2.24, 2.45) is 0 Å². The van der Waals surface area contributed by atoms with Gasteiger partial charge in [0.2, 0.25) is 0 Å². The monoisotopic (exact) mass is 453 g/mol. The van der Waals surface area contributed by atoms with Crippen molar-refractivity contribution in [3.8, 4) is 11.5 Å². The zero-order valence-electron chi connectivity index (χ0n) is 17.3. The molecule has 0 atom stereocenters. The molecule has 0 saturated heterocycles. The van der Waals surface area contributed by atoms with Gasteiger partial charge in [0.1, 0.15) is 6.61 Å². The van der Waals surface area contributed by atoms with Crippen molar-refractivity contribution in [2.75, 3.05) is 11.9 Å². The number of benzene rings is 3. The van der Waals surface area contributed by atoms with Gasteiger partial charge in [0, 0.05) is 12.2 Å². The van der Waals surface area contributed by atoms with Crippen LogP contribution in [-0.2, 0) is 19.6 Å². The molecule has 0 radical (unpaired) electrons. The molecular formula is C25H28BrNO2. The van der Waals surface area contributed by atoms with Gasteiger partial charge >= 0.3 is 0 Å². The molecule has 0 heterocycles. The molecule has 4 heteroatoms. The van der Waals surface area contributed by atoms with E-state index < -0.39 is 0 Å². The van der Waals surface area contributed by atoms with E-state index in [0.717, 1.165) is 33.5 Å². The van der Waals surface area contributed by atoms with Crippen LogP contribution in [0.3, 0.4) is 0 Å². The Kier molecular flexibility index (Phi) is 7.59. The molecule has 3 nitrogen and oxygen atoms in total. The maximum atomic E-state index is 6.11. The summed E-state index contributed by atoms with van der Waals surface area (Å²) in [7, 11) is 0. The van der Waals surface area contributed by atoms with E-state index in [-0.39, 0.29) is 0 Å². The fraction of sp³-hybridized carbons (Fsp3) is 0.280. The molecule has 3 aromatic carbocycles. The molecule has 0 bridgehead atoms. The first kappa shape index (κ1) is 21.3. The summed E-state index contributed by atoms with van der Waals surface area (Å²) >= 11 is 3.67. The van der Waals surface area contributed by atoms with Crippen molar-refractivity contribution in [1.82, 2.24) is 0 Å². The Balaban J connectivity index is 1.75. The number of halogens is 1. The van der Waals surface area contributed by atoms with Crippen LogP contribution in [0.4, 0.5) is 5.69 Å². The Hall–Kier alpha value is -2.46. The lowest BCUT2D eigenvalue weighted by Crippen LogP contribution is -2.05. The van der Waals surface area contributed by atoms with E-state index in [1.54, 1.807) is 0 Å². The number of hydrogen-bond acceptors (Lipinski definition) is 3. The molecule has 29 heavy (non-hydrogen) atoms. The second-order valence-corrected chi connectivity index (χ2v) is 7.83. The Bertz CT molecular complexity index is 938. The van der Waals surface area contributed by atoms with Crippen LogP contribution in [0, 0.1) is 6.92 Å². The SMILES string of the molecule is CCOc1cc(CNc2ccccc2CC)cc(Br)c1OCc1ccc(C)cc1. The van der Waals surface area contributed by atoms with Crippen molar-refractivity contribution < 1.29 is 9.47 Å². The zero-order valence-corrected chi connectivity index (χ0v) is 18.9. The lowest BCUT2D eigenvalue weighted by atomic mass is 10.1. The Morgan fingerprint density at radius 3 is 2.38 bits per heavy atom. The number of hydrogen-bond donors (Lipinski definition) is 1. The first-order chi connectivity index (χ1) is 14.1. The van der Waals surface area contributed by atoms with Crippen molar-refractivity contribution >= 4 is 21.6 Å². The van der Waals surface area contributed by atoms with E-state index in [0.29, 0.717) is 19.8 Å². The summed E-state index contributed by atoms with van der Waals surface area (Å²) in [6, 6.07) is 20.9. The molecular weight excluding hydrogens is 426 g/mol. The number of anilines is 1. The third-order valence-corrected chi connectivity index (χ3v) is 5.34. The van der Waals surface area contributed by atoms with Crippen LogP contribution in [-0.4, -0.2) is 6.61 Å². The number of ether oxygens (including phenoxy) is 2. The molecule has 3 rings (SSSR count). The molecule has 0 spiro atoms. The van der Waals surface area contributed by atoms with Crippen LogP contribution in [0.1, 0.15) is 36.1 Å². The van der Waals surface area contributed by atoms with Crippen LogP contribution < -0.4 is 14.8 Å². The summed E-state index contributed by atoms with van der Waals surface area (Å²) in [5.41, 5.74) is 5.99. The summed E-state index contributed by atoms with van der Waals surface area (Å²) in [6.45, 7) is 8.04. The molecule has 0 aliphatic carbocycles. The molecule has 152 valence electrons. The van der Waals surface area contributed by atoms with Gasteiger partial charge in [-0.25, -0.2) is 0 Å². The van der Waals surface area contributed by atoms with Gasteiger partial charge in [-0.1, -0.05) is 55.0 Å². The van der Waals surface area contributed by atoms with E-state index in [1.807, 2.05) is 6.92 Å². The van der Waals surface area contributed by atoms with Crippen molar-refractivity contribution in [2.45, 2.75) is 40.3 Å². The number of rotatable bonds is 9. The maximum absolute atomic E-state index is 6.11. The number of nitrogens with one attached hydrogen (secondary N) is 1. The van der Waals surface area contributed by atoms with Gasteiger partial charge in [0.15, 0.2) is 11.5 Å². The molecule has 0 unspecified atom stereocenters. The highest BCUT2D eigenvalue weighted by atomic mass is 79.9. The molecule has 0 aromatic heterocycles. The average molecular weight is 454 g/mol. The minimum absolute atomic E-state index is 0.500. The van der Waals surface area contributed by atoms with Gasteiger partial charge in [-0.15, -0.1) is 0 Å². The second kappa shape index (κ2) is 10.4. The third-order valence-electron chi connectivity index (χ3n) is 4.75. The van der Waals surface area contributed by atoms with Crippen LogP contribution in [0.25, 0.3) is 0 Å². The van der Waals surface area contributed by atoms with Crippen LogP contribution >= 0.6 is 15.9 Å². The van der Waals surface area contributed by atoms with Crippen LogP contribution in [0.15, 0.2) is 65.1 Å². The van der Waals surface area contributed by atoms with E-state index in [9.17, 15) is 0 Å². The van der Waals surface area contributed by atoms with Crippen molar-refractivity contribution in [3.05, 3.63) is 87.4 Å². The van der Waals surface area contributed by atoms with Crippen molar-refractivity contribution in [1.29, 1.82) is 0 Å². The van der Waals surface area contributed by atoms with Crippen molar-refractivity contribution in [3.63, 3.8) is 0 Å².